The molecular weight excluding hydrogens is 395 g/mol. The first kappa shape index (κ1) is 21.1. The van der Waals surface area contributed by atoms with Crippen molar-refractivity contribution >= 4 is 5.97 Å². The van der Waals surface area contributed by atoms with Crippen LogP contribution < -0.4 is 4.74 Å². The van der Waals surface area contributed by atoms with Crippen LogP contribution in [0.3, 0.4) is 0 Å². The molecule has 0 saturated carbocycles. The fraction of sp³-hybridized carbons (Fsp3) is 0.269. The molecule has 0 spiro atoms. The summed E-state index contributed by atoms with van der Waals surface area (Å²) in [6, 6.07) is 18.6. The SMILES string of the molecule is COc1ccc(F)c(-c2ccc([C@H]3Cc4cc(C[C@H](C)C(=O)O)ccc4CO3)cc2)c1. The normalized spacial score (nSPS) is 16.4. The molecule has 2 atom stereocenters. The van der Waals surface area contributed by atoms with E-state index in [0.717, 1.165) is 28.7 Å². The summed E-state index contributed by atoms with van der Waals surface area (Å²) in [6.45, 7) is 2.24. The molecule has 0 aromatic heterocycles. The van der Waals surface area contributed by atoms with Crippen molar-refractivity contribution in [3.8, 4) is 16.9 Å². The molecule has 1 aliphatic rings. The molecule has 1 N–H and O–H groups in total. The zero-order valence-electron chi connectivity index (χ0n) is 17.6. The minimum atomic E-state index is -0.786. The third kappa shape index (κ3) is 4.62. The molecule has 0 bridgehead atoms. The number of carboxylic acids is 1. The number of hydrogen-bond acceptors (Lipinski definition) is 3. The molecule has 160 valence electrons. The van der Waals surface area contributed by atoms with Gasteiger partial charge in [-0.25, -0.2) is 4.39 Å². The van der Waals surface area contributed by atoms with Gasteiger partial charge in [-0.2, -0.15) is 0 Å². The average molecular weight is 420 g/mol. The zero-order chi connectivity index (χ0) is 22.0. The maximum Gasteiger partial charge on any atom is 0.306 e. The molecule has 1 heterocycles. The minimum absolute atomic E-state index is 0.0937. The van der Waals surface area contributed by atoms with E-state index in [-0.39, 0.29) is 11.9 Å². The van der Waals surface area contributed by atoms with Gasteiger partial charge in [0.05, 0.1) is 25.7 Å². The van der Waals surface area contributed by atoms with E-state index in [1.54, 1.807) is 26.2 Å². The van der Waals surface area contributed by atoms with Crippen LogP contribution in [0.15, 0.2) is 60.7 Å². The summed E-state index contributed by atoms with van der Waals surface area (Å²) in [5.74, 6) is -0.884. The zero-order valence-corrected chi connectivity index (χ0v) is 17.6. The van der Waals surface area contributed by atoms with Crippen molar-refractivity contribution in [2.45, 2.75) is 32.5 Å². The first-order chi connectivity index (χ1) is 14.9. The van der Waals surface area contributed by atoms with Gasteiger partial charge in [-0.3, -0.25) is 4.79 Å². The third-order valence-electron chi connectivity index (χ3n) is 5.85. The van der Waals surface area contributed by atoms with Crippen LogP contribution >= 0.6 is 0 Å². The molecule has 0 aliphatic carbocycles. The largest absolute Gasteiger partial charge is 0.497 e. The predicted molar refractivity (Wildman–Crippen MR) is 117 cm³/mol. The molecule has 0 unspecified atom stereocenters. The van der Waals surface area contributed by atoms with Crippen LogP contribution in [-0.2, 0) is 29.0 Å². The Morgan fingerprint density at radius 2 is 1.90 bits per heavy atom. The number of aliphatic carboxylic acids is 1. The van der Waals surface area contributed by atoms with E-state index in [2.05, 4.69) is 6.07 Å². The lowest BCUT2D eigenvalue weighted by Crippen LogP contribution is -2.17. The van der Waals surface area contributed by atoms with Crippen molar-refractivity contribution in [3.63, 3.8) is 0 Å². The van der Waals surface area contributed by atoms with Gasteiger partial charge >= 0.3 is 5.97 Å². The first-order valence-corrected chi connectivity index (χ1v) is 10.3. The second kappa shape index (κ2) is 8.90. The van der Waals surface area contributed by atoms with Gasteiger partial charge in [0.15, 0.2) is 0 Å². The molecule has 1 aliphatic heterocycles. The van der Waals surface area contributed by atoms with Gasteiger partial charge in [0, 0.05) is 12.0 Å². The van der Waals surface area contributed by atoms with E-state index in [4.69, 9.17) is 9.47 Å². The summed E-state index contributed by atoms with van der Waals surface area (Å²) < 4.78 is 25.6. The molecular formula is C26H25FO4. The Morgan fingerprint density at radius 1 is 1.13 bits per heavy atom. The molecule has 0 fully saturated rings. The van der Waals surface area contributed by atoms with Crippen LogP contribution in [-0.4, -0.2) is 18.2 Å². The first-order valence-electron chi connectivity index (χ1n) is 10.3. The molecule has 31 heavy (non-hydrogen) atoms. The predicted octanol–water partition coefficient (Wildman–Crippen LogP) is 5.58. The van der Waals surface area contributed by atoms with Crippen molar-refractivity contribution in [1.29, 1.82) is 0 Å². The average Bonchev–Trinajstić information content (AvgIpc) is 2.79. The van der Waals surface area contributed by atoms with Crippen molar-refractivity contribution < 1.29 is 23.8 Å². The smallest absolute Gasteiger partial charge is 0.306 e. The Labute approximate surface area is 181 Å². The van der Waals surface area contributed by atoms with Crippen LogP contribution in [0.25, 0.3) is 11.1 Å². The monoisotopic (exact) mass is 420 g/mol. The quantitative estimate of drug-likeness (QED) is 0.566. The number of methoxy groups -OCH3 is 1. The molecule has 4 rings (SSSR count). The lowest BCUT2D eigenvalue weighted by atomic mass is 9.91. The lowest BCUT2D eigenvalue weighted by molar-refractivity contribution is -0.141. The van der Waals surface area contributed by atoms with Crippen molar-refractivity contribution in [2.75, 3.05) is 7.11 Å². The Bertz CT molecular complexity index is 1090. The summed E-state index contributed by atoms with van der Waals surface area (Å²) in [5.41, 5.74) is 5.66. The van der Waals surface area contributed by atoms with E-state index in [1.807, 2.05) is 36.4 Å². The van der Waals surface area contributed by atoms with Gasteiger partial charge < -0.3 is 14.6 Å². The Hall–Kier alpha value is -3.18. The van der Waals surface area contributed by atoms with Gasteiger partial charge in [-0.15, -0.1) is 0 Å². The van der Waals surface area contributed by atoms with Gasteiger partial charge in [0.25, 0.3) is 0 Å². The number of ether oxygens (including phenoxy) is 2. The fourth-order valence-corrected chi connectivity index (χ4v) is 3.97. The van der Waals surface area contributed by atoms with Crippen molar-refractivity contribution in [3.05, 3.63) is 88.7 Å². The number of halogens is 1. The molecule has 5 heteroatoms. The number of carboxylic acid groups (broad SMARTS) is 1. The van der Waals surface area contributed by atoms with Crippen LogP contribution in [0.1, 0.15) is 35.3 Å². The van der Waals surface area contributed by atoms with E-state index >= 15 is 0 Å². The second-order valence-electron chi connectivity index (χ2n) is 8.02. The summed E-state index contributed by atoms with van der Waals surface area (Å²) in [4.78, 5) is 11.2. The van der Waals surface area contributed by atoms with Crippen molar-refractivity contribution in [1.82, 2.24) is 0 Å². The van der Waals surface area contributed by atoms with E-state index in [9.17, 15) is 14.3 Å². The summed E-state index contributed by atoms with van der Waals surface area (Å²) in [6.07, 6.45) is 1.13. The summed E-state index contributed by atoms with van der Waals surface area (Å²) in [7, 11) is 1.56. The molecule has 0 amide bonds. The number of carbonyl (C=O) groups is 1. The maximum absolute atomic E-state index is 14.3. The Balaban J connectivity index is 1.52. The van der Waals surface area contributed by atoms with Crippen LogP contribution in [0.5, 0.6) is 5.75 Å². The van der Waals surface area contributed by atoms with Gasteiger partial charge in [-0.1, -0.05) is 49.4 Å². The van der Waals surface area contributed by atoms with Crippen LogP contribution in [0, 0.1) is 11.7 Å². The highest BCUT2D eigenvalue weighted by Crippen LogP contribution is 2.33. The maximum atomic E-state index is 14.3. The Kier molecular flexibility index (Phi) is 6.05. The van der Waals surface area contributed by atoms with Gasteiger partial charge in [-0.05, 0) is 52.4 Å². The minimum Gasteiger partial charge on any atom is -0.497 e. The van der Waals surface area contributed by atoms with Crippen molar-refractivity contribution in [2.24, 2.45) is 5.92 Å². The highest BCUT2D eigenvalue weighted by molar-refractivity contribution is 5.70. The Morgan fingerprint density at radius 3 is 2.61 bits per heavy atom. The highest BCUT2D eigenvalue weighted by Gasteiger charge is 2.22. The fourth-order valence-electron chi connectivity index (χ4n) is 3.97. The molecule has 3 aromatic rings. The lowest BCUT2D eigenvalue weighted by Gasteiger charge is -2.26. The second-order valence-corrected chi connectivity index (χ2v) is 8.02. The summed E-state index contributed by atoms with van der Waals surface area (Å²) in [5, 5.41) is 9.17. The number of hydrogen-bond donors (Lipinski definition) is 1. The number of benzene rings is 3. The van der Waals surface area contributed by atoms with E-state index < -0.39 is 11.9 Å². The summed E-state index contributed by atoms with van der Waals surface area (Å²) >= 11 is 0. The molecule has 3 aromatic carbocycles. The van der Waals surface area contributed by atoms with Crippen LogP contribution in [0.4, 0.5) is 4.39 Å². The van der Waals surface area contributed by atoms with Crippen LogP contribution in [0.2, 0.25) is 0 Å². The topological polar surface area (TPSA) is 55.8 Å². The van der Waals surface area contributed by atoms with E-state index in [1.165, 1.54) is 11.6 Å². The number of rotatable bonds is 6. The molecule has 0 saturated heterocycles. The van der Waals surface area contributed by atoms with Gasteiger partial charge in [0.1, 0.15) is 11.6 Å². The standard InChI is InChI=1S/C26H25FO4/c1-16(26(28)29)11-17-3-4-20-15-31-25(13-21(20)12-17)19-7-5-18(6-8-19)23-14-22(30-2)9-10-24(23)27/h3-10,12,14,16,25H,11,13,15H2,1-2H3,(H,28,29)/t16-,25+/m0/s1. The molecule has 0 radical (unpaired) electrons. The highest BCUT2D eigenvalue weighted by atomic mass is 19.1. The third-order valence-corrected chi connectivity index (χ3v) is 5.85. The van der Waals surface area contributed by atoms with E-state index in [0.29, 0.717) is 24.3 Å². The van der Waals surface area contributed by atoms with Gasteiger partial charge in [0.2, 0.25) is 0 Å². The number of fused-ring (bicyclic) bond motifs is 1. The molecule has 4 nitrogen and oxygen atoms in total.